The van der Waals surface area contributed by atoms with Crippen molar-refractivity contribution in [2.45, 2.75) is 13.5 Å². The fourth-order valence-electron chi connectivity index (χ4n) is 2.38. The molecule has 0 aliphatic carbocycles. The molecule has 0 aromatic carbocycles. The third kappa shape index (κ3) is 3.48. The van der Waals surface area contributed by atoms with E-state index in [1.54, 1.807) is 11.3 Å². The highest BCUT2D eigenvalue weighted by molar-refractivity contribution is 7.13. The van der Waals surface area contributed by atoms with E-state index in [0.29, 0.717) is 0 Å². The van der Waals surface area contributed by atoms with Crippen LogP contribution in [0.15, 0.2) is 24.0 Å². The van der Waals surface area contributed by atoms with Crippen LogP contribution in [0.25, 0.3) is 0 Å². The van der Waals surface area contributed by atoms with Gasteiger partial charge in [0.15, 0.2) is 5.13 Å². The van der Waals surface area contributed by atoms with Crippen LogP contribution >= 0.6 is 11.3 Å². The summed E-state index contributed by atoms with van der Waals surface area (Å²) in [6.07, 6.45) is 5.55. The maximum Gasteiger partial charge on any atom is 0.185 e. The summed E-state index contributed by atoms with van der Waals surface area (Å²) in [5.74, 6) is 0.976. The zero-order valence-electron chi connectivity index (χ0n) is 12.2. The van der Waals surface area contributed by atoms with Crippen molar-refractivity contribution in [1.82, 2.24) is 20.3 Å². The molecule has 0 amide bonds. The number of aromatic nitrogens is 3. The third-order valence-electron chi connectivity index (χ3n) is 3.52. The van der Waals surface area contributed by atoms with Crippen molar-refractivity contribution in [3.05, 3.63) is 29.7 Å². The number of nitrogens with zero attached hydrogens (tertiary/aromatic N) is 5. The van der Waals surface area contributed by atoms with Crippen LogP contribution in [0.4, 0.5) is 10.9 Å². The average molecular weight is 304 g/mol. The van der Waals surface area contributed by atoms with E-state index in [4.69, 9.17) is 4.98 Å². The second kappa shape index (κ2) is 6.82. The van der Waals surface area contributed by atoms with Crippen LogP contribution in [-0.2, 0) is 6.54 Å². The van der Waals surface area contributed by atoms with Gasteiger partial charge in [-0.15, -0.1) is 11.3 Å². The van der Waals surface area contributed by atoms with Crippen molar-refractivity contribution >= 4 is 22.3 Å². The molecule has 2 aromatic rings. The van der Waals surface area contributed by atoms with Crippen LogP contribution in [-0.4, -0.2) is 47.7 Å². The van der Waals surface area contributed by atoms with Crippen LogP contribution in [0, 0.1) is 0 Å². The maximum atomic E-state index is 4.69. The molecule has 1 N–H and O–H groups in total. The minimum Gasteiger partial charge on any atom is -0.352 e. The first-order chi connectivity index (χ1) is 10.4. The number of anilines is 2. The Labute approximate surface area is 128 Å². The van der Waals surface area contributed by atoms with E-state index in [9.17, 15) is 0 Å². The van der Waals surface area contributed by atoms with E-state index in [2.05, 4.69) is 32.0 Å². The average Bonchev–Trinajstić information content (AvgIpc) is 3.08. The molecule has 6 nitrogen and oxygen atoms in total. The van der Waals surface area contributed by atoms with Crippen molar-refractivity contribution < 1.29 is 0 Å². The predicted molar refractivity (Wildman–Crippen MR) is 86.0 cm³/mol. The summed E-state index contributed by atoms with van der Waals surface area (Å²) < 4.78 is 0. The first kappa shape index (κ1) is 14.2. The fourth-order valence-corrected chi connectivity index (χ4v) is 3.08. The number of rotatable bonds is 5. The van der Waals surface area contributed by atoms with E-state index < -0.39 is 0 Å². The number of piperazine rings is 1. The highest BCUT2D eigenvalue weighted by Gasteiger charge is 2.19. The van der Waals surface area contributed by atoms with Crippen molar-refractivity contribution in [2.24, 2.45) is 0 Å². The topological polar surface area (TPSA) is 57.2 Å². The van der Waals surface area contributed by atoms with Gasteiger partial charge in [-0.25, -0.2) is 9.97 Å². The van der Waals surface area contributed by atoms with Crippen molar-refractivity contribution in [1.29, 1.82) is 0 Å². The van der Waals surface area contributed by atoms with Crippen LogP contribution < -0.4 is 15.1 Å². The highest BCUT2D eigenvalue weighted by atomic mass is 32.1. The molecule has 0 bridgehead atoms. The minimum absolute atomic E-state index is 0.774. The van der Waals surface area contributed by atoms with Gasteiger partial charge < -0.3 is 15.1 Å². The molecule has 3 rings (SSSR count). The molecule has 7 heteroatoms. The quantitative estimate of drug-likeness (QED) is 0.900. The lowest BCUT2D eigenvalue weighted by atomic mass is 10.3. The smallest absolute Gasteiger partial charge is 0.185 e. The van der Waals surface area contributed by atoms with Gasteiger partial charge >= 0.3 is 0 Å². The summed E-state index contributed by atoms with van der Waals surface area (Å²) in [5, 5.41) is 6.42. The Morgan fingerprint density at radius 1 is 1.19 bits per heavy atom. The van der Waals surface area contributed by atoms with Crippen molar-refractivity contribution in [3.8, 4) is 0 Å². The largest absolute Gasteiger partial charge is 0.352 e. The predicted octanol–water partition coefficient (Wildman–Crippen LogP) is 1.37. The Kier molecular flexibility index (Phi) is 4.62. The Hall–Kier alpha value is -1.73. The van der Waals surface area contributed by atoms with Crippen LogP contribution in [0.3, 0.4) is 0 Å². The van der Waals surface area contributed by atoms with Crippen LogP contribution in [0.2, 0.25) is 0 Å². The van der Waals surface area contributed by atoms with Gasteiger partial charge in [0.25, 0.3) is 0 Å². The summed E-state index contributed by atoms with van der Waals surface area (Å²) in [6, 6.07) is 0. The maximum absolute atomic E-state index is 4.69. The van der Waals surface area contributed by atoms with Crippen LogP contribution in [0.1, 0.15) is 12.6 Å². The van der Waals surface area contributed by atoms with E-state index in [1.165, 1.54) is 0 Å². The summed E-state index contributed by atoms with van der Waals surface area (Å²) in [7, 11) is 0. The van der Waals surface area contributed by atoms with Gasteiger partial charge in [0.1, 0.15) is 5.82 Å². The Morgan fingerprint density at radius 2 is 2.00 bits per heavy atom. The molecule has 0 spiro atoms. The van der Waals surface area contributed by atoms with Gasteiger partial charge in [-0.2, -0.15) is 0 Å². The number of nitrogens with one attached hydrogen (secondary N) is 1. The molecular formula is C14H20N6S. The third-order valence-corrected chi connectivity index (χ3v) is 4.35. The number of thiazole rings is 1. The summed E-state index contributed by atoms with van der Waals surface area (Å²) in [5.41, 5.74) is 0.997. The fraction of sp³-hybridized carbons (Fsp3) is 0.500. The van der Waals surface area contributed by atoms with Crippen LogP contribution in [0.5, 0.6) is 0 Å². The lowest BCUT2D eigenvalue weighted by Crippen LogP contribution is -2.46. The monoisotopic (exact) mass is 304 g/mol. The Balaban J connectivity index is 1.61. The summed E-state index contributed by atoms with van der Waals surface area (Å²) in [6.45, 7) is 7.68. The molecular weight excluding hydrogens is 284 g/mol. The molecule has 1 fully saturated rings. The second-order valence-electron chi connectivity index (χ2n) is 4.94. The Morgan fingerprint density at radius 3 is 2.71 bits per heavy atom. The summed E-state index contributed by atoms with van der Waals surface area (Å²) in [4.78, 5) is 18.0. The molecule has 0 saturated carbocycles. The minimum atomic E-state index is 0.774. The normalized spacial score (nSPS) is 15.5. The SMILES string of the molecule is CCNCc1cncc(N2CCN(c3nccs3)CC2)n1. The molecule has 1 aliphatic rings. The zero-order chi connectivity index (χ0) is 14.5. The molecule has 112 valence electrons. The molecule has 0 radical (unpaired) electrons. The van der Waals surface area contributed by atoms with E-state index in [1.807, 2.05) is 24.0 Å². The first-order valence-corrected chi connectivity index (χ1v) is 8.16. The molecule has 0 unspecified atom stereocenters. The standard InChI is InChI=1S/C14H20N6S/c1-2-15-9-12-10-16-11-13(18-12)19-4-6-20(7-5-19)14-17-3-8-21-14/h3,8,10-11,15H,2,4-7,9H2,1H3. The summed E-state index contributed by atoms with van der Waals surface area (Å²) >= 11 is 1.70. The first-order valence-electron chi connectivity index (χ1n) is 7.28. The molecule has 2 aromatic heterocycles. The Bertz CT molecular complexity index is 550. The zero-order valence-corrected chi connectivity index (χ0v) is 13.0. The molecule has 1 saturated heterocycles. The second-order valence-corrected chi connectivity index (χ2v) is 5.81. The van der Waals surface area contributed by atoms with Gasteiger partial charge in [-0.3, -0.25) is 4.98 Å². The highest BCUT2D eigenvalue weighted by Crippen LogP contribution is 2.20. The molecule has 21 heavy (non-hydrogen) atoms. The van der Waals surface area contributed by atoms with Gasteiger partial charge in [0.2, 0.25) is 0 Å². The van der Waals surface area contributed by atoms with Gasteiger partial charge in [-0.1, -0.05) is 6.92 Å². The molecule has 3 heterocycles. The van der Waals surface area contributed by atoms with E-state index in [0.717, 1.165) is 55.9 Å². The lowest BCUT2D eigenvalue weighted by molar-refractivity contribution is 0.640. The van der Waals surface area contributed by atoms with Gasteiger partial charge in [-0.05, 0) is 6.54 Å². The number of hydrogen-bond donors (Lipinski definition) is 1. The molecule has 1 aliphatic heterocycles. The number of hydrogen-bond acceptors (Lipinski definition) is 7. The van der Waals surface area contributed by atoms with Crippen molar-refractivity contribution in [2.75, 3.05) is 42.5 Å². The molecule has 0 atom stereocenters. The van der Waals surface area contributed by atoms with E-state index >= 15 is 0 Å². The van der Waals surface area contributed by atoms with Gasteiger partial charge in [0, 0.05) is 50.5 Å². The van der Waals surface area contributed by atoms with Gasteiger partial charge in [0.05, 0.1) is 11.9 Å². The van der Waals surface area contributed by atoms with Crippen molar-refractivity contribution in [3.63, 3.8) is 0 Å². The van der Waals surface area contributed by atoms with E-state index in [-0.39, 0.29) is 0 Å². The lowest BCUT2D eigenvalue weighted by Gasteiger charge is -2.35.